The third-order valence-electron chi connectivity index (χ3n) is 0. The van der Waals surface area contributed by atoms with Crippen molar-refractivity contribution in [1.29, 1.82) is 0 Å². The van der Waals surface area contributed by atoms with Gasteiger partial charge < -0.3 is 5.11 Å². The third-order valence-corrected chi connectivity index (χ3v) is 0. The lowest BCUT2D eigenvalue weighted by Gasteiger charge is -1.85. The zero-order chi connectivity index (χ0) is 7.21. The standard InChI is InChI=1S/C2H6O.Cl4Si/c1-2-3;1-5(2,3)4/h3H,2H2,1H3;. The summed E-state index contributed by atoms with van der Waals surface area (Å²) in [6, 6.07) is 0. The SMILES string of the molecule is CCO.Cl[Si](Cl)(Cl)Cl. The Balaban J connectivity index is 0. The van der Waals surface area contributed by atoms with E-state index in [0.29, 0.717) is 0 Å². The summed E-state index contributed by atoms with van der Waals surface area (Å²) in [5, 5.41) is 4.85. The third kappa shape index (κ3) is 165. The molecule has 0 radical (unpaired) electrons. The molecule has 0 amide bonds. The topological polar surface area (TPSA) is 20.2 Å². The van der Waals surface area contributed by atoms with Gasteiger partial charge >= 0.3 is 5.31 Å². The van der Waals surface area contributed by atoms with Crippen LogP contribution < -0.4 is 0 Å². The first-order chi connectivity index (χ1) is 3.41. The van der Waals surface area contributed by atoms with Crippen LogP contribution in [0.4, 0.5) is 0 Å². The van der Waals surface area contributed by atoms with E-state index in [0.717, 1.165) is 0 Å². The molecule has 0 atom stereocenters. The molecular formula is C2H6Cl4OSi. The number of halogens is 4. The second-order valence-electron chi connectivity index (χ2n) is 0.745. The van der Waals surface area contributed by atoms with E-state index < -0.39 is 5.31 Å². The maximum absolute atomic E-state index is 7.57. The number of rotatable bonds is 0. The molecular weight excluding hydrogens is 210 g/mol. The Morgan fingerprint density at radius 3 is 1.25 bits per heavy atom. The molecule has 1 N–H and O–H groups in total. The van der Waals surface area contributed by atoms with Crippen LogP contribution in [0.2, 0.25) is 0 Å². The summed E-state index contributed by atoms with van der Waals surface area (Å²) in [6.07, 6.45) is 0. The quantitative estimate of drug-likeness (QED) is 0.486. The highest BCUT2D eigenvalue weighted by molar-refractivity contribution is 7.81. The molecule has 0 rings (SSSR count). The lowest BCUT2D eigenvalue weighted by atomic mass is 10.9. The van der Waals surface area contributed by atoms with Gasteiger partial charge in [0.05, 0.1) is 0 Å². The van der Waals surface area contributed by atoms with E-state index in [1.165, 1.54) is 0 Å². The minimum absolute atomic E-state index is 0.250. The molecule has 0 aliphatic carbocycles. The molecule has 52 valence electrons. The minimum Gasteiger partial charge on any atom is -0.397 e. The monoisotopic (exact) mass is 214 g/mol. The molecule has 0 unspecified atom stereocenters. The first-order valence-corrected chi connectivity index (χ1v) is 7.83. The van der Waals surface area contributed by atoms with E-state index in [-0.39, 0.29) is 6.61 Å². The first-order valence-electron chi connectivity index (χ1n) is 1.78. The van der Waals surface area contributed by atoms with Crippen molar-refractivity contribution in [2.45, 2.75) is 6.92 Å². The Bertz CT molecular complexity index is 37.8. The number of hydrogen-bond acceptors (Lipinski definition) is 1. The van der Waals surface area contributed by atoms with E-state index >= 15 is 0 Å². The average Bonchev–Trinajstić information content (AvgIpc) is 1.27. The van der Waals surface area contributed by atoms with E-state index in [2.05, 4.69) is 0 Å². The van der Waals surface area contributed by atoms with Crippen LogP contribution in [0.3, 0.4) is 0 Å². The Morgan fingerprint density at radius 2 is 1.25 bits per heavy atom. The lowest BCUT2D eigenvalue weighted by molar-refractivity contribution is 0.318. The molecule has 0 aromatic rings. The summed E-state index contributed by atoms with van der Waals surface area (Å²) in [7, 11) is 0. The van der Waals surface area contributed by atoms with Gasteiger partial charge in [0, 0.05) is 6.61 Å². The van der Waals surface area contributed by atoms with E-state index in [1.54, 1.807) is 6.92 Å². The molecule has 0 fully saturated rings. The van der Waals surface area contributed by atoms with Crippen molar-refractivity contribution < 1.29 is 5.11 Å². The summed E-state index contributed by atoms with van der Waals surface area (Å²) in [5.74, 6) is 0. The molecule has 0 aromatic carbocycles. The molecule has 0 bridgehead atoms. The van der Waals surface area contributed by atoms with Crippen LogP contribution in [0.15, 0.2) is 0 Å². The molecule has 0 aliphatic heterocycles. The van der Waals surface area contributed by atoms with Gasteiger partial charge in [0.2, 0.25) is 0 Å². The molecule has 0 saturated carbocycles. The zero-order valence-corrected chi connectivity index (χ0v) is 8.19. The molecule has 8 heavy (non-hydrogen) atoms. The van der Waals surface area contributed by atoms with Gasteiger partial charge in [0.1, 0.15) is 0 Å². The molecule has 0 spiro atoms. The van der Waals surface area contributed by atoms with Crippen LogP contribution in [0, 0.1) is 0 Å². The fourth-order valence-corrected chi connectivity index (χ4v) is 0. The summed E-state index contributed by atoms with van der Waals surface area (Å²) in [4.78, 5) is 0. The zero-order valence-electron chi connectivity index (χ0n) is 4.17. The Hall–Kier alpha value is 1.34. The lowest BCUT2D eigenvalue weighted by Crippen LogP contribution is -1.91. The van der Waals surface area contributed by atoms with Gasteiger partial charge in [-0.2, -0.15) is 0 Å². The molecule has 1 nitrogen and oxygen atoms in total. The second kappa shape index (κ2) is 6.46. The van der Waals surface area contributed by atoms with Gasteiger partial charge in [-0.05, 0) is 6.92 Å². The average molecular weight is 216 g/mol. The largest absolute Gasteiger partial charge is 0.440 e. The van der Waals surface area contributed by atoms with Crippen molar-refractivity contribution >= 4 is 49.6 Å². The van der Waals surface area contributed by atoms with Crippen molar-refractivity contribution in [3.05, 3.63) is 0 Å². The van der Waals surface area contributed by atoms with Crippen molar-refractivity contribution in [2.75, 3.05) is 6.61 Å². The normalized spacial score (nSPS) is 9.75. The Morgan fingerprint density at radius 1 is 1.25 bits per heavy atom. The van der Waals surface area contributed by atoms with E-state index in [1.807, 2.05) is 0 Å². The van der Waals surface area contributed by atoms with Gasteiger partial charge in [0.15, 0.2) is 0 Å². The fourth-order valence-electron chi connectivity index (χ4n) is 0. The van der Waals surface area contributed by atoms with Crippen LogP contribution in [0.25, 0.3) is 0 Å². The number of aliphatic hydroxyl groups excluding tert-OH is 1. The summed E-state index contributed by atoms with van der Waals surface area (Å²) in [6.45, 7) is 1.93. The van der Waals surface area contributed by atoms with Crippen molar-refractivity contribution in [2.24, 2.45) is 0 Å². The van der Waals surface area contributed by atoms with Gasteiger partial charge in [0.25, 0.3) is 0 Å². The predicted molar refractivity (Wildman–Crippen MR) is 41.9 cm³/mol. The van der Waals surface area contributed by atoms with E-state index in [4.69, 9.17) is 49.4 Å². The predicted octanol–water partition coefficient (Wildman–Crippen LogP) is 2.38. The Labute approximate surface area is 68.3 Å². The molecule has 0 aliphatic rings. The summed E-state index contributed by atoms with van der Waals surface area (Å²) < 4.78 is 0. The van der Waals surface area contributed by atoms with Gasteiger partial charge in [-0.15, -0.1) is 44.3 Å². The number of hydrogen-bond donors (Lipinski definition) is 1. The van der Waals surface area contributed by atoms with Crippen molar-refractivity contribution in [3.8, 4) is 0 Å². The Kier molecular flexibility index (Phi) is 9.73. The summed E-state index contributed by atoms with van der Waals surface area (Å²) >= 11 is 19.9. The molecule has 0 saturated heterocycles. The van der Waals surface area contributed by atoms with Crippen LogP contribution in [-0.4, -0.2) is 17.0 Å². The number of aliphatic hydroxyl groups is 1. The summed E-state index contributed by atoms with van der Waals surface area (Å²) in [5.41, 5.74) is 0. The minimum atomic E-state index is -2.72. The van der Waals surface area contributed by atoms with E-state index in [9.17, 15) is 0 Å². The van der Waals surface area contributed by atoms with Crippen LogP contribution in [0.5, 0.6) is 0 Å². The van der Waals surface area contributed by atoms with Crippen LogP contribution in [0.1, 0.15) is 6.92 Å². The van der Waals surface area contributed by atoms with Crippen molar-refractivity contribution in [3.63, 3.8) is 0 Å². The highest BCUT2D eigenvalue weighted by Gasteiger charge is 2.19. The van der Waals surface area contributed by atoms with Crippen molar-refractivity contribution in [1.82, 2.24) is 0 Å². The van der Waals surface area contributed by atoms with Gasteiger partial charge in [-0.25, -0.2) is 0 Å². The molecule has 0 aromatic heterocycles. The van der Waals surface area contributed by atoms with Crippen LogP contribution in [-0.2, 0) is 0 Å². The highest BCUT2D eigenvalue weighted by Crippen LogP contribution is 2.23. The van der Waals surface area contributed by atoms with Gasteiger partial charge in [-0.3, -0.25) is 0 Å². The fraction of sp³-hybridized carbons (Fsp3) is 1.00. The van der Waals surface area contributed by atoms with Gasteiger partial charge in [-0.1, -0.05) is 0 Å². The maximum atomic E-state index is 7.57. The highest BCUT2D eigenvalue weighted by atomic mass is 36.0. The molecule has 0 heterocycles. The van der Waals surface area contributed by atoms with Crippen LogP contribution >= 0.6 is 44.3 Å². The first kappa shape index (κ1) is 12.1. The second-order valence-corrected chi connectivity index (χ2v) is 11.9. The smallest absolute Gasteiger partial charge is 0.397 e. The maximum Gasteiger partial charge on any atom is 0.440 e. The molecule has 6 heteroatoms.